The minimum atomic E-state index is -0.674. The quantitative estimate of drug-likeness (QED) is 0.367. The Labute approximate surface area is 235 Å². The third kappa shape index (κ3) is 5.44. The number of halogens is 1. The van der Waals surface area contributed by atoms with Gasteiger partial charge >= 0.3 is 12.1 Å². The van der Waals surface area contributed by atoms with Crippen LogP contribution >= 0.6 is 11.6 Å². The van der Waals surface area contributed by atoms with Crippen LogP contribution in [-0.4, -0.2) is 64.3 Å². The van der Waals surface area contributed by atoms with Crippen LogP contribution in [0.25, 0.3) is 22.2 Å². The fraction of sp³-hybridized carbons (Fsp3) is 0.500. The van der Waals surface area contributed by atoms with Gasteiger partial charge in [-0.2, -0.15) is 0 Å². The summed E-state index contributed by atoms with van der Waals surface area (Å²) in [6.07, 6.45) is 7.43. The Kier molecular flexibility index (Phi) is 7.76. The number of carbonyl (C=O) groups is 2. The van der Waals surface area contributed by atoms with Crippen LogP contribution in [0.15, 0.2) is 36.7 Å². The van der Waals surface area contributed by atoms with Crippen molar-refractivity contribution in [1.82, 2.24) is 19.8 Å². The SMILES string of the molecule is CCc1c[nH]c2ncc(-c3cccc(N4CCCN(C(OC(=O)N5CCCCC5)C(C)(C)C)C4=O)c3)c(Cl)c12. The lowest BCUT2D eigenvalue weighted by molar-refractivity contribution is -0.0698. The van der Waals surface area contributed by atoms with Crippen LogP contribution in [0, 0.1) is 5.41 Å². The van der Waals surface area contributed by atoms with Crippen LogP contribution in [-0.2, 0) is 11.2 Å². The number of hydrogen-bond acceptors (Lipinski definition) is 4. The van der Waals surface area contributed by atoms with E-state index in [1.54, 1.807) is 20.9 Å². The van der Waals surface area contributed by atoms with Crippen molar-refractivity contribution in [2.75, 3.05) is 31.1 Å². The summed E-state index contributed by atoms with van der Waals surface area (Å²) in [6.45, 7) is 10.6. The number of benzene rings is 1. The fourth-order valence-electron chi connectivity index (χ4n) is 5.60. The normalized spacial score (nSPS) is 17.6. The number of rotatable bonds is 5. The maximum absolute atomic E-state index is 13.9. The molecular formula is C30H38ClN5O3. The Morgan fingerprint density at radius 2 is 1.90 bits per heavy atom. The molecule has 2 saturated heterocycles. The summed E-state index contributed by atoms with van der Waals surface area (Å²) in [5.41, 5.74) is 3.93. The number of hydrogen-bond donors (Lipinski definition) is 1. The highest BCUT2D eigenvalue weighted by Gasteiger charge is 2.41. The number of urea groups is 1. The van der Waals surface area contributed by atoms with Gasteiger partial charge in [0.15, 0.2) is 6.23 Å². The number of anilines is 1. The monoisotopic (exact) mass is 551 g/mol. The molecular weight excluding hydrogens is 514 g/mol. The fourth-order valence-corrected chi connectivity index (χ4v) is 5.97. The van der Waals surface area contributed by atoms with Gasteiger partial charge in [-0.1, -0.05) is 51.4 Å². The van der Waals surface area contributed by atoms with Crippen LogP contribution in [0.3, 0.4) is 0 Å². The number of aromatic amines is 1. The van der Waals surface area contributed by atoms with Gasteiger partial charge in [-0.15, -0.1) is 0 Å². The summed E-state index contributed by atoms with van der Waals surface area (Å²) in [6, 6.07) is 7.68. The van der Waals surface area contributed by atoms with E-state index >= 15 is 0 Å². The number of pyridine rings is 1. The second-order valence-electron chi connectivity index (χ2n) is 11.6. The van der Waals surface area contributed by atoms with Crippen LogP contribution in [0.1, 0.15) is 58.9 Å². The molecule has 1 atom stereocenters. The Morgan fingerprint density at radius 3 is 2.62 bits per heavy atom. The maximum atomic E-state index is 13.9. The zero-order valence-electron chi connectivity index (χ0n) is 23.3. The van der Waals surface area contributed by atoms with Crippen molar-refractivity contribution in [1.29, 1.82) is 0 Å². The van der Waals surface area contributed by atoms with Crippen molar-refractivity contribution < 1.29 is 14.3 Å². The van der Waals surface area contributed by atoms with Crippen molar-refractivity contribution in [3.8, 4) is 11.1 Å². The number of aryl methyl sites for hydroxylation is 1. The lowest BCUT2D eigenvalue weighted by Crippen LogP contribution is -2.58. The first-order valence-corrected chi connectivity index (χ1v) is 14.4. The van der Waals surface area contributed by atoms with Gasteiger partial charge in [0.25, 0.3) is 0 Å². The minimum Gasteiger partial charge on any atom is -0.425 e. The van der Waals surface area contributed by atoms with E-state index in [0.29, 0.717) is 31.2 Å². The van der Waals surface area contributed by atoms with Gasteiger partial charge in [0.1, 0.15) is 5.65 Å². The lowest BCUT2D eigenvalue weighted by atomic mass is 9.92. The molecule has 1 N–H and O–H groups in total. The first-order valence-electron chi connectivity index (χ1n) is 14.0. The van der Waals surface area contributed by atoms with Gasteiger partial charge in [-0.3, -0.25) is 9.80 Å². The van der Waals surface area contributed by atoms with Crippen molar-refractivity contribution in [2.24, 2.45) is 5.41 Å². The van der Waals surface area contributed by atoms with E-state index in [0.717, 1.165) is 65.5 Å². The molecule has 1 aromatic carbocycles. The van der Waals surface area contributed by atoms with E-state index in [-0.39, 0.29) is 12.1 Å². The van der Waals surface area contributed by atoms with E-state index < -0.39 is 11.6 Å². The zero-order valence-corrected chi connectivity index (χ0v) is 24.1. The summed E-state index contributed by atoms with van der Waals surface area (Å²) in [4.78, 5) is 40.0. The van der Waals surface area contributed by atoms with Crippen LogP contribution < -0.4 is 4.90 Å². The maximum Gasteiger partial charge on any atom is 0.411 e. The second-order valence-corrected chi connectivity index (χ2v) is 11.9. The molecule has 2 fully saturated rings. The van der Waals surface area contributed by atoms with Gasteiger partial charge in [0.2, 0.25) is 0 Å². The molecule has 3 aromatic rings. The molecule has 5 rings (SSSR count). The molecule has 0 saturated carbocycles. The van der Waals surface area contributed by atoms with Crippen molar-refractivity contribution in [2.45, 2.75) is 66.0 Å². The molecule has 2 aromatic heterocycles. The van der Waals surface area contributed by atoms with Crippen molar-refractivity contribution in [3.05, 3.63) is 47.2 Å². The van der Waals surface area contributed by atoms with Crippen LogP contribution in [0.4, 0.5) is 15.3 Å². The first-order chi connectivity index (χ1) is 18.7. The summed E-state index contributed by atoms with van der Waals surface area (Å²) in [5.74, 6) is 0. The number of amides is 3. The third-order valence-corrected chi connectivity index (χ3v) is 8.07. The Hall–Kier alpha value is -3.26. The zero-order chi connectivity index (χ0) is 27.7. The highest BCUT2D eigenvalue weighted by Crippen LogP contribution is 2.37. The molecule has 9 heteroatoms. The number of likely N-dealkylation sites (tertiary alicyclic amines) is 1. The van der Waals surface area contributed by atoms with E-state index in [2.05, 4.69) is 16.9 Å². The number of nitrogens with zero attached hydrogens (tertiary/aromatic N) is 4. The van der Waals surface area contributed by atoms with Crippen molar-refractivity contribution in [3.63, 3.8) is 0 Å². The molecule has 0 radical (unpaired) electrons. The summed E-state index contributed by atoms with van der Waals surface area (Å²) < 4.78 is 6.05. The molecule has 39 heavy (non-hydrogen) atoms. The molecule has 2 aliphatic rings. The molecule has 4 heterocycles. The number of ether oxygens (including phenoxy) is 1. The van der Waals surface area contributed by atoms with E-state index in [1.165, 1.54) is 0 Å². The number of H-pyrrole nitrogens is 1. The number of piperidine rings is 1. The van der Waals surface area contributed by atoms with Gasteiger partial charge in [-0.05, 0) is 55.4 Å². The molecule has 8 nitrogen and oxygen atoms in total. The van der Waals surface area contributed by atoms with E-state index in [9.17, 15) is 9.59 Å². The topological polar surface area (TPSA) is 81.8 Å². The summed E-state index contributed by atoms with van der Waals surface area (Å²) >= 11 is 6.89. The molecule has 1 unspecified atom stereocenters. The molecule has 208 valence electrons. The summed E-state index contributed by atoms with van der Waals surface area (Å²) in [7, 11) is 0. The average Bonchev–Trinajstić information content (AvgIpc) is 3.36. The molecule has 0 bridgehead atoms. The average molecular weight is 552 g/mol. The largest absolute Gasteiger partial charge is 0.425 e. The Balaban J connectivity index is 1.42. The Morgan fingerprint density at radius 1 is 1.13 bits per heavy atom. The standard InChI is InChI=1S/C30H38ClN5O3/c1-5-20-18-32-26-24(20)25(31)23(19-33-26)21-11-9-12-22(17-21)35-15-10-16-36(28(35)37)27(30(2,3)4)39-29(38)34-13-7-6-8-14-34/h9,11-12,17-19,27H,5-8,10,13-16H2,1-4H3,(H,32,33). The van der Waals surface area contributed by atoms with Gasteiger partial charge in [0, 0.05) is 60.6 Å². The molecule has 0 spiro atoms. The van der Waals surface area contributed by atoms with E-state index in [1.807, 2.05) is 51.2 Å². The van der Waals surface area contributed by atoms with E-state index in [4.69, 9.17) is 16.3 Å². The number of fused-ring (bicyclic) bond motifs is 1. The third-order valence-electron chi connectivity index (χ3n) is 7.68. The smallest absolute Gasteiger partial charge is 0.411 e. The number of aromatic nitrogens is 2. The highest BCUT2D eigenvalue weighted by molar-refractivity contribution is 6.38. The summed E-state index contributed by atoms with van der Waals surface area (Å²) in [5, 5.41) is 1.59. The minimum absolute atomic E-state index is 0.164. The van der Waals surface area contributed by atoms with Crippen LogP contribution in [0.5, 0.6) is 0 Å². The van der Waals surface area contributed by atoms with Crippen molar-refractivity contribution >= 4 is 40.4 Å². The molecule has 2 aliphatic heterocycles. The van der Waals surface area contributed by atoms with Crippen LogP contribution in [0.2, 0.25) is 5.02 Å². The van der Waals surface area contributed by atoms with Gasteiger partial charge < -0.3 is 14.6 Å². The Bertz CT molecular complexity index is 1360. The lowest BCUT2D eigenvalue weighted by Gasteiger charge is -2.44. The predicted octanol–water partition coefficient (Wildman–Crippen LogP) is 7.07. The second kappa shape index (κ2) is 11.1. The molecule has 0 aliphatic carbocycles. The number of carbonyl (C=O) groups excluding carboxylic acids is 2. The predicted molar refractivity (Wildman–Crippen MR) is 155 cm³/mol. The molecule has 3 amide bonds. The number of nitrogens with one attached hydrogen (secondary N) is 1. The van der Waals surface area contributed by atoms with Gasteiger partial charge in [-0.25, -0.2) is 14.6 Å². The van der Waals surface area contributed by atoms with Gasteiger partial charge in [0.05, 0.1) is 5.02 Å². The first kappa shape index (κ1) is 27.3. The highest BCUT2D eigenvalue weighted by atomic mass is 35.5.